The number of aromatic nitrogens is 3. The lowest BCUT2D eigenvalue weighted by molar-refractivity contribution is 0.228. The number of nitrogens with one attached hydrogen (secondary N) is 1. The van der Waals surface area contributed by atoms with E-state index in [-0.39, 0.29) is 5.28 Å². The first-order valence-corrected chi connectivity index (χ1v) is 7.17. The Morgan fingerprint density at radius 1 is 1.15 bits per heavy atom. The molecule has 1 aliphatic heterocycles. The van der Waals surface area contributed by atoms with Crippen molar-refractivity contribution in [1.29, 1.82) is 0 Å². The Morgan fingerprint density at radius 3 is 2.45 bits per heavy atom. The quantitative estimate of drug-likeness (QED) is 0.836. The predicted octanol–water partition coefficient (Wildman–Crippen LogP) is 0.250. The molecule has 2 rings (SSSR count). The van der Waals surface area contributed by atoms with Gasteiger partial charge in [-0.25, -0.2) is 0 Å². The lowest BCUT2D eigenvalue weighted by atomic mass is 10.3. The number of anilines is 2. The van der Waals surface area contributed by atoms with Gasteiger partial charge in [-0.05, 0) is 25.7 Å². The second kappa shape index (κ2) is 7.01. The maximum Gasteiger partial charge on any atom is 0.231 e. The zero-order chi connectivity index (χ0) is 14.5. The monoisotopic (exact) mass is 299 g/mol. The Bertz CT molecular complexity index is 432. The summed E-state index contributed by atoms with van der Waals surface area (Å²) >= 11 is 5.92. The summed E-state index contributed by atoms with van der Waals surface area (Å²) in [4.78, 5) is 19.4. The molecule has 0 atom stereocenters. The van der Waals surface area contributed by atoms with Crippen LogP contribution in [0.2, 0.25) is 5.28 Å². The first-order valence-electron chi connectivity index (χ1n) is 6.80. The fourth-order valence-electron chi connectivity index (χ4n) is 2.11. The molecule has 0 amide bonds. The van der Waals surface area contributed by atoms with Crippen LogP contribution >= 0.6 is 11.6 Å². The zero-order valence-corrected chi connectivity index (χ0v) is 13.1. The van der Waals surface area contributed by atoms with Crippen molar-refractivity contribution in [3.8, 4) is 0 Å². The first kappa shape index (κ1) is 15.2. The minimum absolute atomic E-state index is 0.231. The van der Waals surface area contributed by atoms with E-state index in [0.717, 1.165) is 39.3 Å². The van der Waals surface area contributed by atoms with Crippen molar-refractivity contribution in [3.63, 3.8) is 0 Å². The highest BCUT2D eigenvalue weighted by Crippen LogP contribution is 2.15. The summed E-state index contributed by atoms with van der Waals surface area (Å²) in [5.41, 5.74) is 0. The zero-order valence-electron chi connectivity index (χ0n) is 12.3. The van der Waals surface area contributed by atoms with Gasteiger partial charge in [0.25, 0.3) is 0 Å². The van der Waals surface area contributed by atoms with E-state index in [0.29, 0.717) is 11.9 Å². The van der Waals surface area contributed by atoms with Gasteiger partial charge in [0, 0.05) is 46.3 Å². The lowest BCUT2D eigenvalue weighted by Gasteiger charge is -2.35. The van der Waals surface area contributed by atoms with Crippen LogP contribution in [0, 0.1) is 0 Å². The molecule has 112 valence electrons. The summed E-state index contributed by atoms with van der Waals surface area (Å²) in [6.45, 7) is 6.05. The van der Waals surface area contributed by atoms with Crippen molar-refractivity contribution in [2.24, 2.45) is 0 Å². The smallest absolute Gasteiger partial charge is 0.231 e. The van der Waals surface area contributed by atoms with Crippen LogP contribution in [-0.4, -0.2) is 85.2 Å². The van der Waals surface area contributed by atoms with E-state index in [1.54, 1.807) is 7.05 Å². The largest absolute Gasteiger partial charge is 0.357 e. The van der Waals surface area contributed by atoms with Gasteiger partial charge in [-0.3, -0.25) is 4.90 Å². The number of piperazine rings is 1. The molecule has 1 fully saturated rings. The number of nitrogens with zero attached hydrogens (tertiary/aromatic N) is 6. The third-order valence-electron chi connectivity index (χ3n) is 3.34. The Morgan fingerprint density at radius 2 is 1.85 bits per heavy atom. The molecule has 1 aromatic rings. The number of likely N-dealkylation sites (N-methyl/N-ethyl adjacent to an activating group) is 1. The average molecular weight is 300 g/mol. The van der Waals surface area contributed by atoms with Crippen molar-refractivity contribution < 1.29 is 0 Å². The Labute approximate surface area is 125 Å². The number of hydrogen-bond acceptors (Lipinski definition) is 7. The Hall–Kier alpha value is -1.18. The van der Waals surface area contributed by atoms with Crippen molar-refractivity contribution in [2.75, 3.05) is 70.6 Å². The maximum atomic E-state index is 5.92. The van der Waals surface area contributed by atoms with E-state index in [9.17, 15) is 0 Å². The molecule has 0 aromatic carbocycles. The number of rotatable bonds is 5. The van der Waals surface area contributed by atoms with Gasteiger partial charge < -0.3 is 15.1 Å². The SMILES string of the molecule is CNc1nc(Cl)nc(N2CCN(CCN(C)C)CC2)n1. The predicted molar refractivity (Wildman–Crippen MR) is 81.6 cm³/mol. The first-order chi connectivity index (χ1) is 9.58. The molecule has 0 unspecified atom stereocenters. The standard InChI is InChI=1S/C12H22ClN7/c1-14-11-15-10(13)16-12(17-11)20-8-6-19(7-9-20)5-4-18(2)3/h4-9H2,1-3H3,(H,14,15,16,17). The number of hydrogen-bond donors (Lipinski definition) is 1. The van der Waals surface area contributed by atoms with Crippen LogP contribution in [0.15, 0.2) is 0 Å². The summed E-state index contributed by atoms with van der Waals surface area (Å²) < 4.78 is 0. The van der Waals surface area contributed by atoms with E-state index in [1.165, 1.54) is 0 Å². The van der Waals surface area contributed by atoms with Crippen molar-refractivity contribution in [2.45, 2.75) is 0 Å². The molecule has 7 nitrogen and oxygen atoms in total. The van der Waals surface area contributed by atoms with Gasteiger partial charge in [0.2, 0.25) is 17.2 Å². The molecule has 0 saturated carbocycles. The highest BCUT2D eigenvalue weighted by molar-refractivity contribution is 6.28. The van der Waals surface area contributed by atoms with Gasteiger partial charge in [0.05, 0.1) is 0 Å². The minimum atomic E-state index is 0.231. The van der Waals surface area contributed by atoms with E-state index in [4.69, 9.17) is 11.6 Å². The van der Waals surface area contributed by atoms with Crippen LogP contribution in [0.1, 0.15) is 0 Å². The maximum absolute atomic E-state index is 5.92. The van der Waals surface area contributed by atoms with Gasteiger partial charge in [0.1, 0.15) is 0 Å². The van der Waals surface area contributed by atoms with Gasteiger partial charge in [-0.2, -0.15) is 15.0 Å². The van der Waals surface area contributed by atoms with E-state index in [2.05, 4.69) is 49.1 Å². The highest BCUT2D eigenvalue weighted by atomic mass is 35.5. The second-order valence-corrected chi connectivity index (χ2v) is 5.45. The van der Waals surface area contributed by atoms with Gasteiger partial charge in [0.15, 0.2) is 0 Å². The summed E-state index contributed by atoms with van der Waals surface area (Å²) in [5.74, 6) is 1.16. The molecule has 1 aliphatic rings. The number of halogens is 1. The molecular weight excluding hydrogens is 278 g/mol. The Kier molecular flexibility index (Phi) is 5.33. The van der Waals surface area contributed by atoms with Gasteiger partial charge >= 0.3 is 0 Å². The average Bonchev–Trinajstić information content (AvgIpc) is 2.45. The fourth-order valence-corrected chi connectivity index (χ4v) is 2.26. The van der Waals surface area contributed by atoms with Gasteiger partial charge in [-0.1, -0.05) is 0 Å². The third-order valence-corrected chi connectivity index (χ3v) is 3.51. The topological polar surface area (TPSA) is 60.4 Å². The molecule has 0 spiro atoms. The molecule has 1 aromatic heterocycles. The molecule has 2 heterocycles. The van der Waals surface area contributed by atoms with Crippen LogP contribution < -0.4 is 10.2 Å². The van der Waals surface area contributed by atoms with Crippen LogP contribution in [0.25, 0.3) is 0 Å². The summed E-state index contributed by atoms with van der Waals surface area (Å²) in [6, 6.07) is 0. The molecular formula is C12H22ClN7. The van der Waals surface area contributed by atoms with Crippen LogP contribution in [0.3, 0.4) is 0 Å². The van der Waals surface area contributed by atoms with E-state index >= 15 is 0 Å². The van der Waals surface area contributed by atoms with Gasteiger partial charge in [-0.15, -0.1) is 0 Å². The van der Waals surface area contributed by atoms with Crippen molar-refractivity contribution >= 4 is 23.5 Å². The van der Waals surface area contributed by atoms with Crippen LogP contribution in [0.4, 0.5) is 11.9 Å². The summed E-state index contributed by atoms with van der Waals surface area (Å²) in [6.07, 6.45) is 0. The molecule has 20 heavy (non-hydrogen) atoms. The van der Waals surface area contributed by atoms with Crippen molar-refractivity contribution in [3.05, 3.63) is 5.28 Å². The minimum Gasteiger partial charge on any atom is -0.357 e. The van der Waals surface area contributed by atoms with E-state index < -0.39 is 0 Å². The van der Waals surface area contributed by atoms with Crippen LogP contribution in [-0.2, 0) is 0 Å². The molecule has 0 radical (unpaired) electrons. The summed E-state index contributed by atoms with van der Waals surface area (Å²) in [7, 11) is 5.97. The fraction of sp³-hybridized carbons (Fsp3) is 0.750. The molecule has 1 saturated heterocycles. The van der Waals surface area contributed by atoms with E-state index in [1.807, 2.05) is 0 Å². The van der Waals surface area contributed by atoms with Crippen molar-refractivity contribution in [1.82, 2.24) is 24.8 Å². The summed E-state index contributed by atoms with van der Waals surface area (Å²) in [5, 5.41) is 3.13. The van der Waals surface area contributed by atoms with Crippen LogP contribution in [0.5, 0.6) is 0 Å². The highest BCUT2D eigenvalue weighted by Gasteiger charge is 2.19. The Balaban J connectivity index is 1.91. The third kappa shape index (κ3) is 4.16. The molecule has 8 heteroatoms. The molecule has 1 N–H and O–H groups in total. The normalized spacial score (nSPS) is 16.8. The second-order valence-electron chi connectivity index (χ2n) is 5.11. The molecule has 0 aliphatic carbocycles. The molecule has 0 bridgehead atoms. The lowest BCUT2D eigenvalue weighted by Crippen LogP contribution is -2.48.